The summed E-state index contributed by atoms with van der Waals surface area (Å²) in [5.41, 5.74) is -0.276. The minimum Gasteiger partial charge on any atom is -0.481 e. The Hall–Kier alpha value is -1.14. The maximum Gasteiger partial charge on any atom is 0.305 e. The Kier molecular flexibility index (Phi) is 4.47. The van der Waals surface area contributed by atoms with E-state index >= 15 is 0 Å². The third-order valence-electron chi connectivity index (χ3n) is 2.70. The van der Waals surface area contributed by atoms with Gasteiger partial charge in [-0.25, -0.2) is 0 Å². The van der Waals surface area contributed by atoms with Crippen molar-refractivity contribution in [1.82, 2.24) is 10.2 Å². The van der Waals surface area contributed by atoms with Crippen molar-refractivity contribution in [3.8, 4) is 0 Å². The summed E-state index contributed by atoms with van der Waals surface area (Å²) >= 11 is 0. The minimum absolute atomic E-state index is 0.163. The van der Waals surface area contributed by atoms with Crippen molar-refractivity contribution in [2.24, 2.45) is 0 Å². The van der Waals surface area contributed by atoms with Crippen LogP contribution in [0.3, 0.4) is 0 Å². The van der Waals surface area contributed by atoms with Crippen LogP contribution in [0.15, 0.2) is 0 Å². The number of carbonyl (C=O) groups is 2. The Morgan fingerprint density at radius 2 is 2.29 bits per heavy atom. The second-order valence-electron chi connectivity index (χ2n) is 4.93. The fourth-order valence-corrected chi connectivity index (χ4v) is 2.06. The Morgan fingerprint density at radius 1 is 1.65 bits per heavy atom. The number of piperazine rings is 1. The summed E-state index contributed by atoms with van der Waals surface area (Å²) in [7, 11) is 1.58. The Morgan fingerprint density at radius 3 is 2.82 bits per heavy atom. The maximum atomic E-state index is 12.0. The first-order valence-corrected chi connectivity index (χ1v) is 5.63. The number of methoxy groups -OCH3 is 1. The zero-order valence-electron chi connectivity index (χ0n) is 10.5. The fraction of sp³-hybridized carbons (Fsp3) is 0.818. The predicted octanol–water partition coefficient (Wildman–Crippen LogP) is -0.313. The molecule has 0 aromatic carbocycles. The monoisotopic (exact) mass is 244 g/mol. The molecule has 1 atom stereocenters. The lowest BCUT2D eigenvalue weighted by Crippen LogP contribution is -2.65. The molecule has 0 bridgehead atoms. The third kappa shape index (κ3) is 3.98. The topological polar surface area (TPSA) is 78.9 Å². The van der Waals surface area contributed by atoms with Crippen molar-refractivity contribution in [3.05, 3.63) is 0 Å². The molecule has 1 aliphatic rings. The van der Waals surface area contributed by atoms with Gasteiger partial charge in [0.1, 0.15) is 0 Å². The van der Waals surface area contributed by atoms with Crippen LogP contribution in [-0.2, 0) is 14.3 Å². The molecule has 0 saturated carbocycles. The van der Waals surface area contributed by atoms with Crippen molar-refractivity contribution in [2.75, 3.05) is 26.8 Å². The van der Waals surface area contributed by atoms with Crippen molar-refractivity contribution in [2.45, 2.75) is 31.8 Å². The van der Waals surface area contributed by atoms with E-state index in [4.69, 9.17) is 9.84 Å². The molecule has 1 aliphatic heterocycles. The van der Waals surface area contributed by atoms with Crippen LogP contribution in [0.25, 0.3) is 0 Å². The number of nitrogens with zero attached hydrogens (tertiary/aromatic N) is 1. The van der Waals surface area contributed by atoms with E-state index in [1.807, 2.05) is 13.8 Å². The van der Waals surface area contributed by atoms with Gasteiger partial charge in [0.2, 0.25) is 5.91 Å². The van der Waals surface area contributed by atoms with Crippen molar-refractivity contribution in [3.63, 3.8) is 0 Å². The molecule has 0 spiro atoms. The van der Waals surface area contributed by atoms with Gasteiger partial charge < -0.3 is 14.7 Å². The van der Waals surface area contributed by atoms with Gasteiger partial charge in [-0.1, -0.05) is 0 Å². The molecular weight excluding hydrogens is 224 g/mol. The Bertz CT molecular complexity index is 304. The van der Waals surface area contributed by atoms with Crippen molar-refractivity contribution < 1.29 is 19.4 Å². The first-order chi connectivity index (χ1) is 7.85. The third-order valence-corrected chi connectivity index (χ3v) is 2.70. The molecule has 1 saturated heterocycles. The molecule has 98 valence electrons. The van der Waals surface area contributed by atoms with Gasteiger partial charge in [-0.2, -0.15) is 0 Å². The summed E-state index contributed by atoms with van der Waals surface area (Å²) in [5.74, 6) is -1.14. The summed E-state index contributed by atoms with van der Waals surface area (Å²) in [6.07, 6.45) is -0.189. The molecule has 1 fully saturated rings. The molecule has 1 unspecified atom stereocenters. The minimum atomic E-state index is -0.972. The van der Waals surface area contributed by atoms with Crippen molar-refractivity contribution in [1.29, 1.82) is 0 Å². The molecule has 0 aliphatic carbocycles. The van der Waals surface area contributed by atoms with Gasteiger partial charge in [0.05, 0.1) is 19.1 Å². The summed E-state index contributed by atoms with van der Waals surface area (Å²) in [4.78, 5) is 24.4. The molecule has 1 amide bonds. The van der Waals surface area contributed by atoms with Gasteiger partial charge in [0.15, 0.2) is 0 Å². The second kappa shape index (κ2) is 5.46. The summed E-state index contributed by atoms with van der Waals surface area (Å²) < 4.78 is 4.95. The van der Waals surface area contributed by atoms with Crippen LogP contribution in [0.5, 0.6) is 0 Å². The van der Waals surface area contributed by atoms with Crippen LogP contribution < -0.4 is 5.32 Å². The van der Waals surface area contributed by atoms with Gasteiger partial charge in [-0.15, -0.1) is 0 Å². The Balaban J connectivity index is 2.71. The molecule has 17 heavy (non-hydrogen) atoms. The molecule has 2 N–H and O–H groups in total. The van der Waals surface area contributed by atoms with Crippen LogP contribution in [0.2, 0.25) is 0 Å². The van der Waals surface area contributed by atoms with Crippen molar-refractivity contribution >= 4 is 11.9 Å². The SMILES string of the molecule is COCCN1CC(C)(C)NC(CC(=O)O)C1=O. The first kappa shape index (κ1) is 13.9. The number of ether oxygens (including phenoxy) is 1. The van der Waals surface area contributed by atoms with Crippen LogP contribution in [0.4, 0.5) is 0 Å². The molecule has 0 aromatic heterocycles. The zero-order valence-corrected chi connectivity index (χ0v) is 10.5. The molecule has 6 heteroatoms. The van der Waals surface area contributed by atoms with E-state index in [0.717, 1.165) is 0 Å². The molecule has 6 nitrogen and oxygen atoms in total. The number of amides is 1. The van der Waals surface area contributed by atoms with Crippen LogP contribution in [-0.4, -0.2) is 60.3 Å². The molecule has 1 rings (SSSR count). The number of nitrogens with one attached hydrogen (secondary N) is 1. The van der Waals surface area contributed by atoms with E-state index in [0.29, 0.717) is 19.7 Å². The number of rotatable bonds is 5. The molecule has 0 aromatic rings. The van der Waals surface area contributed by atoms with E-state index < -0.39 is 12.0 Å². The lowest BCUT2D eigenvalue weighted by Gasteiger charge is -2.42. The standard InChI is InChI=1S/C11H20N2O4/c1-11(2)7-13(4-5-17-3)10(16)8(12-11)6-9(14)15/h8,12H,4-7H2,1-3H3,(H,14,15). The number of carboxylic acids is 1. The molecule has 0 radical (unpaired) electrons. The number of aliphatic carboxylic acids is 1. The van der Waals surface area contributed by atoms with Crippen LogP contribution in [0.1, 0.15) is 20.3 Å². The highest BCUT2D eigenvalue weighted by atomic mass is 16.5. The molecule has 1 heterocycles. The summed E-state index contributed by atoms with van der Waals surface area (Å²) in [6, 6.07) is -0.645. The van der Waals surface area contributed by atoms with Crippen LogP contribution in [0, 0.1) is 0 Å². The Labute approximate surface area is 101 Å². The van der Waals surface area contributed by atoms with E-state index in [1.165, 1.54) is 0 Å². The quantitative estimate of drug-likeness (QED) is 0.693. The van der Waals surface area contributed by atoms with Gasteiger partial charge in [0.25, 0.3) is 0 Å². The van der Waals surface area contributed by atoms with Gasteiger partial charge in [-0.05, 0) is 13.8 Å². The van der Waals surface area contributed by atoms with Gasteiger partial charge in [0, 0.05) is 25.7 Å². The summed E-state index contributed by atoms with van der Waals surface area (Å²) in [5, 5.41) is 11.8. The normalized spacial score (nSPS) is 23.8. The van der Waals surface area contributed by atoms with E-state index in [9.17, 15) is 9.59 Å². The average Bonchev–Trinajstić information content (AvgIpc) is 2.19. The zero-order chi connectivity index (χ0) is 13.1. The van der Waals surface area contributed by atoms with Gasteiger partial charge in [-0.3, -0.25) is 14.9 Å². The number of carboxylic acid groups (broad SMARTS) is 1. The smallest absolute Gasteiger partial charge is 0.305 e. The fourth-order valence-electron chi connectivity index (χ4n) is 2.06. The van der Waals surface area contributed by atoms with E-state index in [2.05, 4.69) is 5.32 Å². The number of carbonyl (C=O) groups excluding carboxylic acids is 1. The average molecular weight is 244 g/mol. The highest BCUT2D eigenvalue weighted by Gasteiger charge is 2.38. The predicted molar refractivity (Wildman–Crippen MR) is 61.7 cm³/mol. The number of hydrogen-bond donors (Lipinski definition) is 2. The van der Waals surface area contributed by atoms with Crippen LogP contribution >= 0.6 is 0 Å². The lowest BCUT2D eigenvalue weighted by molar-refractivity contribution is -0.146. The van der Waals surface area contributed by atoms with E-state index in [-0.39, 0.29) is 17.9 Å². The molecular formula is C11H20N2O4. The largest absolute Gasteiger partial charge is 0.481 e. The first-order valence-electron chi connectivity index (χ1n) is 5.63. The van der Waals surface area contributed by atoms with Gasteiger partial charge >= 0.3 is 5.97 Å². The van der Waals surface area contributed by atoms with E-state index in [1.54, 1.807) is 12.0 Å². The highest BCUT2D eigenvalue weighted by Crippen LogP contribution is 2.16. The summed E-state index contributed by atoms with van der Waals surface area (Å²) in [6.45, 7) is 5.42. The highest BCUT2D eigenvalue weighted by molar-refractivity contribution is 5.87. The lowest BCUT2D eigenvalue weighted by atomic mass is 9.96. The second-order valence-corrected chi connectivity index (χ2v) is 4.93. The maximum absolute atomic E-state index is 12.0. The number of hydrogen-bond acceptors (Lipinski definition) is 4.